The van der Waals surface area contributed by atoms with Gasteiger partial charge in [-0.05, 0) is 60.0 Å². The summed E-state index contributed by atoms with van der Waals surface area (Å²) in [6, 6.07) is 21.1. The number of hydrogen-bond donors (Lipinski definition) is 0. The lowest BCUT2D eigenvalue weighted by Gasteiger charge is -2.14. The molecule has 0 unspecified atom stereocenters. The molecule has 0 N–H and O–H groups in total. The first-order valence-corrected chi connectivity index (χ1v) is 15.0. The van der Waals surface area contributed by atoms with Gasteiger partial charge in [-0.25, -0.2) is 0 Å². The van der Waals surface area contributed by atoms with Crippen LogP contribution in [0.25, 0.3) is 16.8 Å². The van der Waals surface area contributed by atoms with Gasteiger partial charge in [0.05, 0.1) is 23.5 Å². The van der Waals surface area contributed by atoms with Gasteiger partial charge in [0.2, 0.25) is 0 Å². The van der Waals surface area contributed by atoms with Crippen LogP contribution in [0.5, 0.6) is 17.2 Å². The van der Waals surface area contributed by atoms with Crippen LogP contribution in [-0.4, -0.2) is 49.6 Å². The molecule has 1 heterocycles. The molecule has 0 atom stereocenters. The summed E-state index contributed by atoms with van der Waals surface area (Å²) in [5, 5.41) is 12.7. The molecular weight excluding hydrogens is 596 g/mol. The van der Waals surface area contributed by atoms with Crippen LogP contribution in [0.3, 0.4) is 0 Å². The van der Waals surface area contributed by atoms with Crippen molar-refractivity contribution in [2.75, 3.05) is 20.3 Å². The average molecular weight is 621 g/mol. The third-order valence-electron chi connectivity index (χ3n) is 6.55. The fourth-order valence-corrected chi connectivity index (χ4v) is 6.19. The average Bonchev–Trinajstić information content (AvgIpc) is 3.25. The normalized spacial score (nSPS) is 14.4. The van der Waals surface area contributed by atoms with Gasteiger partial charge in [-0.1, -0.05) is 48.5 Å². The monoisotopic (exact) mass is 620 g/mol. The molecule has 0 radical (unpaired) electrons. The molecule has 4 aromatic rings. The number of fused-ring (bicyclic) bond motifs is 1. The number of carbonyl (C=O) groups is 2. The lowest BCUT2D eigenvalue weighted by Crippen LogP contribution is -2.32. The molecule has 1 aliphatic rings. The Hall–Kier alpha value is -4.88. The molecule has 220 valence electrons. The van der Waals surface area contributed by atoms with Gasteiger partial charge in [0.1, 0.15) is 17.3 Å². The first kappa shape index (κ1) is 29.6. The van der Waals surface area contributed by atoms with Crippen molar-refractivity contribution in [3.63, 3.8) is 0 Å². The van der Waals surface area contributed by atoms with Crippen LogP contribution in [0.4, 0.5) is 10.5 Å². The highest BCUT2D eigenvalue weighted by Crippen LogP contribution is 2.36. The Morgan fingerprint density at radius 2 is 1.72 bits per heavy atom. The van der Waals surface area contributed by atoms with Crippen molar-refractivity contribution in [2.45, 2.75) is 11.8 Å². The fraction of sp³-hybridized carbons (Fsp3) is 0.133. The molecule has 5 rings (SSSR count). The molecule has 1 fully saturated rings. The molecule has 13 heteroatoms. The van der Waals surface area contributed by atoms with Gasteiger partial charge in [-0.15, -0.1) is 0 Å². The maximum Gasteiger partial charge on any atom is 0.339 e. The van der Waals surface area contributed by atoms with E-state index in [0.717, 1.165) is 33.5 Å². The Kier molecular flexibility index (Phi) is 8.37. The topological polar surface area (TPSA) is 142 Å². The highest BCUT2D eigenvalue weighted by Gasteiger charge is 2.35. The fourth-order valence-electron chi connectivity index (χ4n) is 4.36. The van der Waals surface area contributed by atoms with Gasteiger partial charge in [-0.2, -0.15) is 8.42 Å². The number of amides is 2. The number of aryl methyl sites for hydroxylation is 1. The van der Waals surface area contributed by atoms with Crippen LogP contribution in [-0.2, 0) is 14.9 Å². The van der Waals surface area contributed by atoms with Crippen LogP contribution >= 0.6 is 11.8 Å². The summed E-state index contributed by atoms with van der Waals surface area (Å²) in [5.74, 6) is 0.0280. The van der Waals surface area contributed by atoms with Crippen molar-refractivity contribution in [3.8, 4) is 17.2 Å². The van der Waals surface area contributed by atoms with Crippen molar-refractivity contribution in [3.05, 3.63) is 105 Å². The zero-order valence-electron chi connectivity index (χ0n) is 22.9. The zero-order valence-corrected chi connectivity index (χ0v) is 24.5. The second kappa shape index (κ2) is 12.2. The van der Waals surface area contributed by atoms with Gasteiger partial charge >= 0.3 is 10.1 Å². The van der Waals surface area contributed by atoms with Crippen molar-refractivity contribution in [1.29, 1.82) is 0 Å². The Morgan fingerprint density at radius 1 is 0.953 bits per heavy atom. The molecular formula is C30H24N2O9S2. The van der Waals surface area contributed by atoms with E-state index < -0.39 is 31.1 Å². The maximum absolute atomic E-state index is 13.0. The van der Waals surface area contributed by atoms with E-state index >= 15 is 0 Å². The van der Waals surface area contributed by atoms with Crippen molar-refractivity contribution in [1.82, 2.24) is 4.90 Å². The highest BCUT2D eigenvalue weighted by atomic mass is 32.2. The van der Waals surface area contributed by atoms with Crippen LogP contribution in [0.1, 0.15) is 11.1 Å². The molecule has 0 spiro atoms. The van der Waals surface area contributed by atoms with E-state index in [-0.39, 0.29) is 35.2 Å². The van der Waals surface area contributed by atoms with Gasteiger partial charge in [0, 0.05) is 17.0 Å². The quantitative estimate of drug-likeness (QED) is 0.0903. The third-order valence-corrected chi connectivity index (χ3v) is 8.68. The lowest BCUT2D eigenvalue weighted by atomic mass is 10.1. The van der Waals surface area contributed by atoms with Gasteiger partial charge in [0.25, 0.3) is 16.8 Å². The van der Waals surface area contributed by atoms with E-state index in [1.807, 2.05) is 42.5 Å². The summed E-state index contributed by atoms with van der Waals surface area (Å²) < 4.78 is 42.1. The molecule has 0 aromatic heterocycles. The number of ether oxygens (including phenoxy) is 2. The minimum atomic E-state index is -4.44. The number of methoxy groups -OCH3 is 1. The summed E-state index contributed by atoms with van der Waals surface area (Å²) >= 11 is 0.775. The molecule has 2 amide bonds. The third kappa shape index (κ3) is 6.32. The number of imide groups is 1. The Balaban J connectivity index is 1.28. The molecule has 11 nitrogen and oxygen atoms in total. The Bertz CT molecular complexity index is 1900. The molecule has 43 heavy (non-hydrogen) atoms. The minimum absolute atomic E-state index is 0.0293. The number of thioether (sulfide) groups is 1. The summed E-state index contributed by atoms with van der Waals surface area (Å²) in [7, 11) is -3.14. The largest absolute Gasteiger partial charge is 0.493 e. The SMILES string of the molecule is COc1cc(/C=C2\SC(=O)N(CCOc3cccc4ccccc34)C2=O)ccc1OS(=O)(=O)c1ccc(C)c([N+](=O)[O-])c1. The predicted octanol–water partition coefficient (Wildman–Crippen LogP) is 5.95. The van der Waals surface area contributed by atoms with Gasteiger partial charge in [0.15, 0.2) is 11.5 Å². The van der Waals surface area contributed by atoms with Crippen molar-refractivity contribution >= 4 is 55.6 Å². The van der Waals surface area contributed by atoms with Crippen molar-refractivity contribution in [2.24, 2.45) is 0 Å². The molecule has 1 saturated heterocycles. The van der Waals surface area contributed by atoms with E-state index in [4.69, 9.17) is 13.7 Å². The number of nitro benzene ring substituents is 1. The predicted molar refractivity (Wildman–Crippen MR) is 161 cm³/mol. The number of carbonyl (C=O) groups excluding carboxylic acids is 2. The zero-order chi connectivity index (χ0) is 30.7. The lowest BCUT2D eigenvalue weighted by molar-refractivity contribution is -0.385. The molecule has 0 saturated carbocycles. The first-order chi connectivity index (χ1) is 20.6. The van der Waals surface area contributed by atoms with E-state index in [1.165, 1.54) is 50.4 Å². The van der Waals surface area contributed by atoms with E-state index in [1.54, 1.807) is 0 Å². The van der Waals surface area contributed by atoms with Crippen LogP contribution in [0, 0.1) is 17.0 Å². The summed E-state index contributed by atoms with van der Waals surface area (Å²) in [6.45, 7) is 1.65. The molecule has 0 bridgehead atoms. The Morgan fingerprint density at radius 3 is 2.49 bits per heavy atom. The maximum atomic E-state index is 13.0. The molecule has 0 aliphatic carbocycles. The van der Waals surface area contributed by atoms with Crippen LogP contribution in [0.15, 0.2) is 88.7 Å². The summed E-state index contributed by atoms with van der Waals surface area (Å²) in [5.41, 5.74) is 0.388. The standard InChI is InChI=1S/C30H24N2O9S2/c1-19-10-12-22(18-24(19)32(35)36)43(37,38)41-26-13-11-20(16-27(26)39-2)17-28-29(33)31(30(34)42-28)14-15-40-25-9-5-7-21-6-3-4-8-23(21)25/h3-13,16-18H,14-15H2,1-2H3/b28-17-. The summed E-state index contributed by atoms with van der Waals surface area (Å²) in [4.78, 5) is 37.1. The van der Waals surface area contributed by atoms with E-state index in [9.17, 15) is 28.1 Å². The number of rotatable bonds is 10. The Labute approximate surface area is 250 Å². The number of nitrogens with zero attached hydrogens (tertiary/aromatic N) is 2. The van der Waals surface area contributed by atoms with Gasteiger partial charge < -0.3 is 13.7 Å². The van der Waals surface area contributed by atoms with E-state index in [0.29, 0.717) is 16.9 Å². The van der Waals surface area contributed by atoms with Gasteiger partial charge in [-0.3, -0.25) is 24.6 Å². The minimum Gasteiger partial charge on any atom is -0.493 e. The van der Waals surface area contributed by atoms with Crippen molar-refractivity contribution < 1.29 is 36.6 Å². The van der Waals surface area contributed by atoms with E-state index in [2.05, 4.69) is 0 Å². The van der Waals surface area contributed by atoms with Crippen LogP contribution < -0.4 is 13.7 Å². The molecule has 4 aromatic carbocycles. The second-order valence-electron chi connectivity index (χ2n) is 9.31. The smallest absolute Gasteiger partial charge is 0.339 e. The number of nitro groups is 1. The first-order valence-electron chi connectivity index (χ1n) is 12.8. The second-order valence-corrected chi connectivity index (χ2v) is 11.9. The summed E-state index contributed by atoms with van der Waals surface area (Å²) in [6.07, 6.45) is 1.49. The highest BCUT2D eigenvalue weighted by molar-refractivity contribution is 8.18. The molecule has 1 aliphatic heterocycles. The van der Waals surface area contributed by atoms with Crippen LogP contribution in [0.2, 0.25) is 0 Å². The number of benzene rings is 4. The number of hydrogen-bond acceptors (Lipinski definition) is 10.